The monoisotopic (exact) mass is 269 g/mol. The maximum absolute atomic E-state index is 6.20. The topological polar surface area (TPSA) is 43.8 Å². The molecule has 1 aromatic carbocycles. The Kier molecular flexibility index (Phi) is 3.51. The summed E-state index contributed by atoms with van der Waals surface area (Å²) in [6, 6.07) is 8.35. The molecule has 1 fully saturated rings. The first-order valence-corrected chi connectivity index (χ1v) is 7.59. The molecule has 1 aliphatic rings. The van der Waals surface area contributed by atoms with Gasteiger partial charge in [-0.05, 0) is 43.9 Å². The van der Waals surface area contributed by atoms with Crippen LogP contribution in [0.2, 0.25) is 0 Å². The zero-order chi connectivity index (χ0) is 14.1. The molecule has 3 rings (SSSR count). The van der Waals surface area contributed by atoms with Gasteiger partial charge in [0.15, 0.2) is 0 Å². The lowest BCUT2D eigenvalue weighted by Crippen LogP contribution is -2.07. The summed E-state index contributed by atoms with van der Waals surface area (Å²) in [6.45, 7) is 4.26. The second-order valence-corrected chi connectivity index (χ2v) is 5.96. The van der Waals surface area contributed by atoms with Crippen LogP contribution >= 0.6 is 0 Å². The van der Waals surface area contributed by atoms with Crippen molar-refractivity contribution in [2.24, 2.45) is 0 Å². The Balaban J connectivity index is 1.98. The first-order valence-electron chi connectivity index (χ1n) is 7.59. The fraction of sp³-hybridized carbons (Fsp3) is 0.471. The maximum atomic E-state index is 6.20. The molecule has 106 valence electrons. The van der Waals surface area contributed by atoms with Crippen LogP contribution in [-0.2, 0) is 0 Å². The minimum atomic E-state index is 0.595. The van der Waals surface area contributed by atoms with Crippen LogP contribution in [0.25, 0.3) is 5.69 Å². The van der Waals surface area contributed by atoms with Gasteiger partial charge < -0.3 is 5.73 Å². The van der Waals surface area contributed by atoms with Crippen molar-refractivity contribution in [3.8, 4) is 5.69 Å². The van der Waals surface area contributed by atoms with Crippen molar-refractivity contribution in [1.29, 1.82) is 0 Å². The van der Waals surface area contributed by atoms with Gasteiger partial charge in [0.2, 0.25) is 0 Å². The molecule has 3 heteroatoms. The molecular weight excluding hydrogens is 246 g/mol. The number of benzene rings is 1. The molecule has 0 bridgehead atoms. The molecule has 1 aromatic heterocycles. The SMILES string of the molecule is Cc1cccc(-n2nc(C3CCCCC3)cc2N)c1C. The summed E-state index contributed by atoms with van der Waals surface area (Å²) in [5, 5.41) is 4.80. The number of hydrogen-bond acceptors (Lipinski definition) is 2. The van der Waals surface area contributed by atoms with Gasteiger partial charge in [0.25, 0.3) is 0 Å². The predicted molar refractivity (Wildman–Crippen MR) is 83.3 cm³/mol. The molecule has 0 atom stereocenters. The van der Waals surface area contributed by atoms with E-state index in [1.54, 1.807) is 0 Å². The van der Waals surface area contributed by atoms with E-state index in [4.69, 9.17) is 10.8 Å². The number of hydrogen-bond donors (Lipinski definition) is 1. The van der Waals surface area contributed by atoms with Gasteiger partial charge in [-0.3, -0.25) is 0 Å². The Morgan fingerprint density at radius 1 is 1.15 bits per heavy atom. The Morgan fingerprint density at radius 3 is 2.65 bits per heavy atom. The van der Waals surface area contributed by atoms with E-state index in [9.17, 15) is 0 Å². The van der Waals surface area contributed by atoms with Crippen molar-refractivity contribution < 1.29 is 0 Å². The lowest BCUT2D eigenvalue weighted by Gasteiger charge is -2.19. The zero-order valence-corrected chi connectivity index (χ0v) is 12.4. The summed E-state index contributed by atoms with van der Waals surface area (Å²) in [5.74, 6) is 1.34. The van der Waals surface area contributed by atoms with Gasteiger partial charge >= 0.3 is 0 Å². The summed E-state index contributed by atoms with van der Waals surface area (Å²) in [6.07, 6.45) is 6.51. The van der Waals surface area contributed by atoms with Gasteiger partial charge in [-0.15, -0.1) is 0 Å². The van der Waals surface area contributed by atoms with E-state index in [1.807, 2.05) is 4.68 Å². The van der Waals surface area contributed by atoms with Gasteiger partial charge in [-0.2, -0.15) is 5.10 Å². The first kappa shape index (κ1) is 13.2. The fourth-order valence-electron chi connectivity index (χ4n) is 3.17. The van der Waals surface area contributed by atoms with Gasteiger partial charge in [-0.1, -0.05) is 31.4 Å². The smallest absolute Gasteiger partial charge is 0.127 e. The minimum absolute atomic E-state index is 0.595. The first-order chi connectivity index (χ1) is 9.66. The molecule has 2 N–H and O–H groups in total. The molecule has 1 heterocycles. The van der Waals surface area contributed by atoms with E-state index in [1.165, 1.54) is 48.9 Å². The fourth-order valence-corrected chi connectivity index (χ4v) is 3.17. The molecule has 0 saturated heterocycles. The minimum Gasteiger partial charge on any atom is -0.384 e. The normalized spacial score (nSPS) is 16.5. The predicted octanol–water partition coefficient (Wildman–Crippen LogP) is 4.12. The lowest BCUT2D eigenvalue weighted by atomic mass is 9.87. The molecule has 1 saturated carbocycles. The number of nitrogens with two attached hydrogens (primary N) is 1. The van der Waals surface area contributed by atoms with Gasteiger partial charge in [0.05, 0.1) is 11.4 Å². The summed E-state index contributed by atoms with van der Waals surface area (Å²) in [4.78, 5) is 0. The molecule has 0 unspecified atom stereocenters. The van der Waals surface area contributed by atoms with Crippen molar-refractivity contribution in [3.05, 3.63) is 41.1 Å². The van der Waals surface area contributed by atoms with Crippen LogP contribution in [-0.4, -0.2) is 9.78 Å². The van der Waals surface area contributed by atoms with Crippen molar-refractivity contribution in [2.75, 3.05) is 5.73 Å². The van der Waals surface area contributed by atoms with Crippen LogP contribution < -0.4 is 5.73 Å². The molecule has 0 spiro atoms. The van der Waals surface area contributed by atoms with Crippen molar-refractivity contribution >= 4 is 5.82 Å². The average molecular weight is 269 g/mol. The summed E-state index contributed by atoms with van der Waals surface area (Å²) in [5.41, 5.74) is 11.0. The van der Waals surface area contributed by atoms with Crippen LogP contribution in [0.1, 0.15) is 54.8 Å². The van der Waals surface area contributed by atoms with Crippen LogP contribution in [0.3, 0.4) is 0 Å². The largest absolute Gasteiger partial charge is 0.384 e. The van der Waals surface area contributed by atoms with E-state index >= 15 is 0 Å². The maximum Gasteiger partial charge on any atom is 0.127 e. The third-order valence-electron chi connectivity index (χ3n) is 4.58. The van der Waals surface area contributed by atoms with Gasteiger partial charge in [0, 0.05) is 12.0 Å². The van der Waals surface area contributed by atoms with Crippen molar-refractivity contribution in [3.63, 3.8) is 0 Å². The van der Waals surface area contributed by atoms with Crippen LogP contribution in [0.4, 0.5) is 5.82 Å². The molecule has 0 amide bonds. The Hall–Kier alpha value is -1.77. The number of nitrogens with zero attached hydrogens (tertiary/aromatic N) is 2. The highest BCUT2D eigenvalue weighted by molar-refractivity contribution is 5.50. The van der Waals surface area contributed by atoms with Crippen LogP contribution in [0, 0.1) is 13.8 Å². The van der Waals surface area contributed by atoms with Crippen molar-refractivity contribution in [1.82, 2.24) is 9.78 Å². The number of rotatable bonds is 2. The van der Waals surface area contributed by atoms with Crippen LogP contribution in [0.15, 0.2) is 24.3 Å². The quantitative estimate of drug-likeness (QED) is 0.891. The Bertz CT molecular complexity index is 607. The average Bonchev–Trinajstić information content (AvgIpc) is 2.85. The van der Waals surface area contributed by atoms with E-state index < -0.39 is 0 Å². The molecule has 1 aliphatic carbocycles. The lowest BCUT2D eigenvalue weighted by molar-refractivity contribution is 0.435. The second kappa shape index (κ2) is 5.31. The molecule has 0 aliphatic heterocycles. The van der Waals surface area contributed by atoms with E-state index in [0.29, 0.717) is 5.92 Å². The molecule has 0 radical (unpaired) electrons. The second-order valence-electron chi connectivity index (χ2n) is 5.96. The highest BCUT2D eigenvalue weighted by Gasteiger charge is 2.20. The standard InChI is InChI=1S/C17H23N3/c1-12-7-6-10-16(13(12)2)20-17(18)11-15(19-20)14-8-4-3-5-9-14/h6-7,10-11,14H,3-5,8-9,18H2,1-2H3. The molecule has 3 nitrogen and oxygen atoms in total. The molecular formula is C17H23N3. The molecule has 2 aromatic rings. The van der Waals surface area contributed by atoms with Crippen LogP contribution in [0.5, 0.6) is 0 Å². The number of aryl methyl sites for hydroxylation is 1. The highest BCUT2D eigenvalue weighted by atomic mass is 15.3. The number of nitrogen functional groups attached to an aromatic ring is 1. The summed E-state index contributed by atoms with van der Waals surface area (Å²) >= 11 is 0. The zero-order valence-electron chi connectivity index (χ0n) is 12.4. The molecule has 20 heavy (non-hydrogen) atoms. The number of anilines is 1. The Morgan fingerprint density at radius 2 is 1.90 bits per heavy atom. The third-order valence-corrected chi connectivity index (χ3v) is 4.58. The van der Waals surface area contributed by atoms with Gasteiger partial charge in [-0.25, -0.2) is 4.68 Å². The summed E-state index contributed by atoms with van der Waals surface area (Å²) in [7, 11) is 0. The van der Waals surface area contributed by atoms with E-state index in [-0.39, 0.29) is 0 Å². The number of aromatic nitrogens is 2. The summed E-state index contributed by atoms with van der Waals surface area (Å²) < 4.78 is 1.91. The van der Waals surface area contributed by atoms with E-state index in [2.05, 4.69) is 38.1 Å². The Labute approximate surface area is 120 Å². The third kappa shape index (κ3) is 2.33. The van der Waals surface area contributed by atoms with Crippen molar-refractivity contribution in [2.45, 2.75) is 51.9 Å². The highest BCUT2D eigenvalue weighted by Crippen LogP contribution is 2.33. The van der Waals surface area contributed by atoms with Gasteiger partial charge in [0.1, 0.15) is 5.82 Å². The van der Waals surface area contributed by atoms with E-state index in [0.717, 1.165) is 11.5 Å².